The van der Waals surface area contributed by atoms with Gasteiger partial charge in [0.2, 0.25) is 0 Å². The Morgan fingerprint density at radius 3 is 2.56 bits per heavy atom. The van der Waals surface area contributed by atoms with Crippen LogP contribution < -0.4 is 4.90 Å². The summed E-state index contributed by atoms with van der Waals surface area (Å²) < 4.78 is 0. The normalized spacial score (nSPS) is 10.3. The second kappa shape index (κ2) is 6.31. The number of rotatable bonds is 5. The molecule has 0 unspecified atom stereocenters. The van der Waals surface area contributed by atoms with Crippen molar-refractivity contribution >= 4 is 18.3 Å². The predicted octanol–water partition coefficient (Wildman–Crippen LogP) is 2.72. The van der Waals surface area contributed by atoms with Crippen LogP contribution in [0.4, 0.5) is 5.69 Å². The molecule has 18 heavy (non-hydrogen) atoms. The van der Waals surface area contributed by atoms with Crippen LogP contribution >= 0.6 is 12.6 Å². The number of hydrogen-bond acceptors (Lipinski definition) is 4. The molecule has 3 nitrogen and oxygen atoms in total. The van der Waals surface area contributed by atoms with E-state index in [1.54, 1.807) is 12.3 Å². The van der Waals surface area contributed by atoms with Crippen LogP contribution in [0.1, 0.15) is 5.69 Å². The summed E-state index contributed by atoms with van der Waals surface area (Å²) in [4.78, 5) is 6.38. The van der Waals surface area contributed by atoms with E-state index in [-0.39, 0.29) is 5.75 Å². The third-order valence-electron chi connectivity index (χ3n) is 2.67. The summed E-state index contributed by atoms with van der Waals surface area (Å²) in [5.41, 5.74) is 1.79. The van der Waals surface area contributed by atoms with E-state index >= 15 is 0 Å². The number of pyridine rings is 1. The first-order valence-electron chi connectivity index (χ1n) is 5.85. The van der Waals surface area contributed by atoms with Gasteiger partial charge in [-0.05, 0) is 24.3 Å². The van der Waals surface area contributed by atoms with Crippen molar-refractivity contribution in [2.45, 2.75) is 6.54 Å². The first-order valence-corrected chi connectivity index (χ1v) is 6.48. The average molecular weight is 260 g/mol. The minimum atomic E-state index is 0.287. The molecule has 0 spiro atoms. The van der Waals surface area contributed by atoms with Crippen molar-refractivity contribution in [1.29, 1.82) is 0 Å². The number of thiol groups is 1. The van der Waals surface area contributed by atoms with Gasteiger partial charge < -0.3 is 10.0 Å². The van der Waals surface area contributed by atoms with Gasteiger partial charge in [-0.15, -0.1) is 0 Å². The molecule has 1 aromatic carbocycles. The molecule has 1 aromatic heterocycles. The Balaban J connectivity index is 2.21. The van der Waals surface area contributed by atoms with E-state index in [0.29, 0.717) is 6.54 Å². The highest BCUT2D eigenvalue weighted by Crippen LogP contribution is 2.27. The molecule has 0 radical (unpaired) electrons. The zero-order valence-electron chi connectivity index (χ0n) is 10.0. The minimum absolute atomic E-state index is 0.287. The Hall–Kier alpha value is -1.68. The quantitative estimate of drug-likeness (QED) is 0.812. The van der Waals surface area contributed by atoms with Crippen LogP contribution in [-0.2, 0) is 6.54 Å². The molecule has 0 aliphatic heterocycles. The summed E-state index contributed by atoms with van der Waals surface area (Å²) in [6.07, 6.45) is 1.78. The molecule has 1 heterocycles. The SMILES string of the molecule is Oc1ccccc1N(CCS)Cc1ccccn1. The highest BCUT2D eigenvalue weighted by molar-refractivity contribution is 7.80. The molecule has 0 saturated heterocycles. The highest BCUT2D eigenvalue weighted by atomic mass is 32.1. The molecule has 0 aliphatic carbocycles. The van der Waals surface area contributed by atoms with E-state index in [0.717, 1.165) is 23.7 Å². The number of hydrogen-bond donors (Lipinski definition) is 2. The van der Waals surface area contributed by atoms with Crippen molar-refractivity contribution in [1.82, 2.24) is 4.98 Å². The molecule has 0 atom stereocenters. The monoisotopic (exact) mass is 260 g/mol. The molecular formula is C14H16N2OS. The lowest BCUT2D eigenvalue weighted by Gasteiger charge is -2.24. The van der Waals surface area contributed by atoms with Crippen LogP contribution in [0.3, 0.4) is 0 Å². The molecular weight excluding hydrogens is 244 g/mol. The van der Waals surface area contributed by atoms with Gasteiger partial charge in [-0.2, -0.15) is 12.6 Å². The Kier molecular flexibility index (Phi) is 4.47. The lowest BCUT2D eigenvalue weighted by Crippen LogP contribution is -2.25. The van der Waals surface area contributed by atoms with Crippen LogP contribution in [0.15, 0.2) is 48.7 Å². The van der Waals surface area contributed by atoms with Crippen LogP contribution in [0.25, 0.3) is 0 Å². The molecule has 0 aliphatic rings. The van der Waals surface area contributed by atoms with Crippen molar-refractivity contribution in [2.75, 3.05) is 17.2 Å². The van der Waals surface area contributed by atoms with E-state index in [9.17, 15) is 5.11 Å². The van der Waals surface area contributed by atoms with E-state index in [1.165, 1.54) is 0 Å². The summed E-state index contributed by atoms with van der Waals surface area (Å²) >= 11 is 4.27. The standard InChI is InChI=1S/C14H16N2OS/c17-14-7-2-1-6-13(14)16(9-10-18)11-12-5-3-4-8-15-12/h1-8,17-18H,9-11H2. The van der Waals surface area contributed by atoms with Gasteiger partial charge in [0.1, 0.15) is 5.75 Å². The van der Waals surface area contributed by atoms with Gasteiger partial charge in [0.25, 0.3) is 0 Å². The highest BCUT2D eigenvalue weighted by Gasteiger charge is 2.10. The number of aromatic hydroxyl groups is 1. The lowest BCUT2D eigenvalue weighted by atomic mass is 10.2. The fraction of sp³-hybridized carbons (Fsp3) is 0.214. The lowest BCUT2D eigenvalue weighted by molar-refractivity contribution is 0.474. The van der Waals surface area contributed by atoms with Crippen molar-refractivity contribution < 1.29 is 5.11 Å². The van der Waals surface area contributed by atoms with Crippen LogP contribution in [-0.4, -0.2) is 22.4 Å². The first kappa shape index (κ1) is 12.8. The molecule has 2 aromatic rings. The van der Waals surface area contributed by atoms with E-state index in [1.807, 2.05) is 36.4 Å². The molecule has 0 fully saturated rings. The van der Waals surface area contributed by atoms with E-state index < -0.39 is 0 Å². The molecule has 0 saturated carbocycles. The maximum Gasteiger partial charge on any atom is 0.138 e. The van der Waals surface area contributed by atoms with E-state index in [2.05, 4.69) is 22.5 Å². The largest absolute Gasteiger partial charge is 0.506 e. The van der Waals surface area contributed by atoms with Gasteiger partial charge in [0.15, 0.2) is 0 Å². The zero-order valence-corrected chi connectivity index (χ0v) is 10.9. The van der Waals surface area contributed by atoms with Crippen LogP contribution in [0.2, 0.25) is 0 Å². The Labute approximate surface area is 113 Å². The third-order valence-corrected chi connectivity index (χ3v) is 2.87. The number of phenolic OH excluding ortho intramolecular Hbond substituents is 1. The smallest absolute Gasteiger partial charge is 0.138 e. The Bertz CT molecular complexity index is 490. The summed E-state index contributed by atoms with van der Waals surface area (Å²) in [7, 11) is 0. The van der Waals surface area contributed by atoms with Crippen LogP contribution in [0.5, 0.6) is 5.75 Å². The number of nitrogens with zero attached hydrogens (tertiary/aromatic N) is 2. The molecule has 4 heteroatoms. The van der Waals surface area contributed by atoms with Gasteiger partial charge >= 0.3 is 0 Å². The molecule has 2 rings (SSSR count). The fourth-order valence-electron chi connectivity index (χ4n) is 1.82. The zero-order chi connectivity index (χ0) is 12.8. The number of benzene rings is 1. The second-order valence-corrected chi connectivity index (χ2v) is 4.40. The Morgan fingerprint density at radius 1 is 1.11 bits per heavy atom. The van der Waals surface area contributed by atoms with Crippen molar-refractivity contribution in [3.8, 4) is 5.75 Å². The van der Waals surface area contributed by atoms with E-state index in [4.69, 9.17) is 0 Å². The number of para-hydroxylation sites is 2. The summed E-state index contributed by atoms with van der Waals surface area (Å²) in [5, 5.41) is 9.90. The van der Waals surface area contributed by atoms with Gasteiger partial charge in [-0.1, -0.05) is 18.2 Å². The summed E-state index contributed by atoms with van der Waals surface area (Å²) in [5.74, 6) is 1.01. The number of aromatic nitrogens is 1. The third kappa shape index (κ3) is 3.17. The van der Waals surface area contributed by atoms with Crippen molar-refractivity contribution in [3.05, 3.63) is 54.4 Å². The maximum atomic E-state index is 9.90. The number of anilines is 1. The minimum Gasteiger partial charge on any atom is -0.506 e. The maximum absolute atomic E-state index is 9.90. The second-order valence-electron chi connectivity index (χ2n) is 3.95. The van der Waals surface area contributed by atoms with Gasteiger partial charge in [-0.3, -0.25) is 4.98 Å². The Morgan fingerprint density at radius 2 is 1.89 bits per heavy atom. The fourth-order valence-corrected chi connectivity index (χ4v) is 2.07. The summed E-state index contributed by atoms with van der Waals surface area (Å²) in [6, 6.07) is 13.2. The number of phenols is 1. The predicted molar refractivity (Wildman–Crippen MR) is 77.2 cm³/mol. The summed E-state index contributed by atoms with van der Waals surface area (Å²) in [6.45, 7) is 1.43. The van der Waals surface area contributed by atoms with Gasteiger partial charge in [0, 0.05) is 18.5 Å². The molecule has 0 bridgehead atoms. The van der Waals surface area contributed by atoms with Crippen molar-refractivity contribution in [2.24, 2.45) is 0 Å². The molecule has 1 N–H and O–H groups in total. The molecule has 94 valence electrons. The van der Waals surface area contributed by atoms with Crippen LogP contribution in [0, 0.1) is 0 Å². The topological polar surface area (TPSA) is 36.4 Å². The van der Waals surface area contributed by atoms with Gasteiger partial charge in [-0.25, -0.2) is 0 Å². The van der Waals surface area contributed by atoms with Gasteiger partial charge in [0.05, 0.1) is 17.9 Å². The average Bonchev–Trinajstić information content (AvgIpc) is 2.40. The molecule has 0 amide bonds. The first-order chi connectivity index (χ1) is 8.81. The van der Waals surface area contributed by atoms with Crippen molar-refractivity contribution in [3.63, 3.8) is 0 Å².